The van der Waals surface area contributed by atoms with Gasteiger partial charge in [-0.25, -0.2) is 0 Å². The third-order valence-corrected chi connectivity index (χ3v) is 6.29. The van der Waals surface area contributed by atoms with E-state index in [1.54, 1.807) is 11.3 Å². The Hall–Kier alpha value is -3.43. The summed E-state index contributed by atoms with van der Waals surface area (Å²) in [4.78, 5) is 6.01. The predicted molar refractivity (Wildman–Crippen MR) is 118 cm³/mol. The van der Waals surface area contributed by atoms with E-state index in [1.807, 2.05) is 30.5 Å². The van der Waals surface area contributed by atoms with Crippen LogP contribution in [0.1, 0.15) is 0 Å². The van der Waals surface area contributed by atoms with Crippen molar-refractivity contribution in [2.75, 3.05) is 0 Å². The molecular weight excluding hydrogens is 362 g/mol. The van der Waals surface area contributed by atoms with Gasteiger partial charge in [0.15, 0.2) is 0 Å². The standard InChI is InChI=1S/C25H15NOS/c1-2-7-16(8-3-1)23-13-17-15-26-21(14-24(17)28-23)20-11-6-10-19-18-9-4-5-12-22(18)27-25(19)20/h1-15H. The summed E-state index contributed by atoms with van der Waals surface area (Å²) in [5, 5.41) is 3.44. The van der Waals surface area contributed by atoms with Crippen LogP contribution in [0.25, 0.3) is 53.7 Å². The van der Waals surface area contributed by atoms with Crippen molar-refractivity contribution in [3.63, 3.8) is 0 Å². The summed E-state index contributed by atoms with van der Waals surface area (Å²) >= 11 is 1.80. The molecule has 0 N–H and O–H groups in total. The van der Waals surface area contributed by atoms with E-state index in [0.717, 1.165) is 33.2 Å². The van der Waals surface area contributed by atoms with E-state index >= 15 is 0 Å². The van der Waals surface area contributed by atoms with Crippen LogP contribution in [-0.2, 0) is 0 Å². The van der Waals surface area contributed by atoms with Crippen molar-refractivity contribution in [3.05, 3.63) is 91.1 Å². The molecule has 0 amide bonds. The van der Waals surface area contributed by atoms with Crippen molar-refractivity contribution in [1.82, 2.24) is 4.98 Å². The highest BCUT2D eigenvalue weighted by Crippen LogP contribution is 2.38. The van der Waals surface area contributed by atoms with Crippen LogP contribution >= 0.6 is 11.3 Å². The summed E-state index contributed by atoms with van der Waals surface area (Å²) in [6, 6.07) is 29.3. The minimum atomic E-state index is 0.899. The summed E-state index contributed by atoms with van der Waals surface area (Å²) in [6.07, 6.45) is 1.97. The number of rotatable bonds is 2. The van der Waals surface area contributed by atoms with Crippen LogP contribution in [-0.4, -0.2) is 4.98 Å². The summed E-state index contributed by atoms with van der Waals surface area (Å²) in [5.41, 5.74) is 5.03. The largest absolute Gasteiger partial charge is 0.455 e. The Bertz CT molecular complexity index is 1460. The SMILES string of the molecule is c1ccc(-c2cc3cnc(-c4cccc5c4oc4ccccc45)cc3s2)cc1. The summed E-state index contributed by atoms with van der Waals surface area (Å²) in [7, 11) is 0. The average Bonchev–Trinajstić information content (AvgIpc) is 3.35. The lowest BCUT2D eigenvalue weighted by Gasteiger charge is -2.02. The second-order valence-corrected chi connectivity index (χ2v) is 7.95. The minimum absolute atomic E-state index is 0.899. The lowest BCUT2D eigenvalue weighted by molar-refractivity contribution is 0.670. The fraction of sp³-hybridized carbons (Fsp3) is 0. The molecule has 0 aliphatic rings. The fourth-order valence-corrected chi connectivity index (χ4v) is 4.85. The summed E-state index contributed by atoms with van der Waals surface area (Å²) in [5.74, 6) is 0. The Morgan fingerprint density at radius 3 is 2.50 bits per heavy atom. The second-order valence-electron chi connectivity index (χ2n) is 6.86. The first-order valence-electron chi connectivity index (χ1n) is 9.22. The zero-order valence-corrected chi connectivity index (χ0v) is 15.7. The highest BCUT2D eigenvalue weighted by Gasteiger charge is 2.13. The topological polar surface area (TPSA) is 26.0 Å². The molecule has 132 valence electrons. The van der Waals surface area contributed by atoms with Crippen LogP contribution in [0.5, 0.6) is 0 Å². The fourth-order valence-electron chi connectivity index (χ4n) is 3.77. The average molecular weight is 377 g/mol. The van der Waals surface area contributed by atoms with Crippen molar-refractivity contribution >= 4 is 43.4 Å². The van der Waals surface area contributed by atoms with Crippen LogP contribution in [0.2, 0.25) is 0 Å². The quantitative estimate of drug-likeness (QED) is 0.312. The summed E-state index contributed by atoms with van der Waals surface area (Å²) in [6.45, 7) is 0. The van der Waals surface area contributed by atoms with E-state index in [4.69, 9.17) is 9.40 Å². The molecule has 6 aromatic rings. The third kappa shape index (κ3) is 2.37. The maximum absolute atomic E-state index is 6.19. The van der Waals surface area contributed by atoms with E-state index in [2.05, 4.69) is 60.7 Å². The second kappa shape index (κ2) is 6.04. The Morgan fingerprint density at radius 1 is 0.750 bits per heavy atom. The molecular formula is C25H15NOS. The molecule has 3 heteroatoms. The maximum atomic E-state index is 6.19. The maximum Gasteiger partial charge on any atom is 0.144 e. The van der Waals surface area contributed by atoms with Crippen LogP contribution in [0, 0.1) is 0 Å². The van der Waals surface area contributed by atoms with Gasteiger partial charge in [-0.3, -0.25) is 4.98 Å². The predicted octanol–water partition coefficient (Wildman–Crippen LogP) is 7.53. The van der Waals surface area contributed by atoms with Gasteiger partial charge in [-0.15, -0.1) is 11.3 Å². The number of furan rings is 1. The number of thiophene rings is 1. The van der Waals surface area contributed by atoms with Crippen molar-refractivity contribution in [2.24, 2.45) is 0 Å². The van der Waals surface area contributed by atoms with Gasteiger partial charge in [0.1, 0.15) is 11.2 Å². The minimum Gasteiger partial charge on any atom is -0.455 e. The molecule has 0 aliphatic carbocycles. The number of aromatic nitrogens is 1. The van der Waals surface area contributed by atoms with Crippen molar-refractivity contribution < 1.29 is 4.42 Å². The van der Waals surface area contributed by atoms with E-state index < -0.39 is 0 Å². The normalized spacial score (nSPS) is 11.6. The number of hydrogen-bond donors (Lipinski definition) is 0. The van der Waals surface area contributed by atoms with Crippen LogP contribution < -0.4 is 0 Å². The third-order valence-electron chi connectivity index (χ3n) is 5.14. The molecule has 3 aromatic heterocycles. The highest BCUT2D eigenvalue weighted by atomic mass is 32.1. The first-order valence-corrected chi connectivity index (χ1v) is 10.0. The smallest absolute Gasteiger partial charge is 0.144 e. The zero-order chi connectivity index (χ0) is 18.5. The molecule has 0 unspecified atom stereocenters. The molecule has 28 heavy (non-hydrogen) atoms. The Balaban J connectivity index is 1.55. The monoisotopic (exact) mass is 377 g/mol. The number of benzene rings is 3. The molecule has 3 heterocycles. The van der Waals surface area contributed by atoms with Gasteiger partial charge in [0.25, 0.3) is 0 Å². The van der Waals surface area contributed by atoms with Gasteiger partial charge in [0, 0.05) is 37.5 Å². The van der Waals surface area contributed by atoms with E-state index in [9.17, 15) is 0 Å². The molecule has 0 fully saturated rings. The zero-order valence-electron chi connectivity index (χ0n) is 14.9. The number of fused-ring (bicyclic) bond motifs is 4. The first kappa shape index (κ1) is 15.6. The lowest BCUT2D eigenvalue weighted by Crippen LogP contribution is -1.83. The Kier molecular flexibility index (Phi) is 3.37. The molecule has 0 saturated heterocycles. The van der Waals surface area contributed by atoms with Crippen LogP contribution in [0.4, 0.5) is 0 Å². The van der Waals surface area contributed by atoms with Gasteiger partial charge >= 0.3 is 0 Å². The molecule has 0 bridgehead atoms. The van der Waals surface area contributed by atoms with Gasteiger partial charge < -0.3 is 4.42 Å². The molecule has 0 saturated carbocycles. The Labute approximate surface area is 165 Å². The van der Waals surface area contributed by atoms with Gasteiger partial charge in [-0.05, 0) is 29.8 Å². The molecule has 0 aliphatic heterocycles. The number of para-hydroxylation sites is 2. The molecule has 0 radical (unpaired) electrons. The van der Waals surface area contributed by atoms with Crippen LogP contribution in [0.3, 0.4) is 0 Å². The van der Waals surface area contributed by atoms with Crippen molar-refractivity contribution in [1.29, 1.82) is 0 Å². The summed E-state index contributed by atoms with van der Waals surface area (Å²) < 4.78 is 7.42. The van der Waals surface area contributed by atoms with E-state index in [-0.39, 0.29) is 0 Å². The van der Waals surface area contributed by atoms with Gasteiger partial charge in [-0.1, -0.05) is 60.7 Å². The number of pyridine rings is 1. The number of nitrogens with zero attached hydrogens (tertiary/aromatic N) is 1. The van der Waals surface area contributed by atoms with E-state index in [1.165, 1.54) is 20.5 Å². The molecule has 2 nitrogen and oxygen atoms in total. The highest BCUT2D eigenvalue weighted by molar-refractivity contribution is 7.22. The van der Waals surface area contributed by atoms with Crippen LogP contribution in [0.15, 0.2) is 95.5 Å². The first-order chi connectivity index (χ1) is 13.9. The van der Waals surface area contributed by atoms with Gasteiger partial charge in [0.05, 0.1) is 5.69 Å². The molecule has 0 atom stereocenters. The van der Waals surface area contributed by atoms with Crippen molar-refractivity contribution in [3.8, 4) is 21.7 Å². The molecule has 6 rings (SSSR count). The molecule has 3 aromatic carbocycles. The van der Waals surface area contributed by atoms with Gasteiger partial charge in [-0.2, -0.15) is 0 Å². The molecule has 0 spiro atoms. The Morgan fingerprint density at radius 2 is 1.57 bits per heavy atom. The van der Waals surface area contributed by atoms with E-state index in [0.29, 0.717) is 0 Å². The van der Waals surface area contributed by atoms with Gasteiger partial charge in [0.2, 0.25) is 0 Å². The number of hydrogen-bond acceptors (Lipinski definition) is 3. The lowest BCUT2D eigenvalue weighted by atomic mass is 10.1. The van der Waals surface area contributed by atoms with Crippen molar-refractivity contribution in [2.45, 2.75) is 0 Å².